The van der Waals surface area contributed by atoms with Crippen LogP contribution in [0.5, 0.6) is 0 Å². The van der Waals surface area contributed by atoms with Crippen LogP contribution in [0, 0.1) is 11.8 Å². The summed E-state index contributed by atoms with van der Waals surface area (Å²) in [7, 11) is 0. The number of rotatable bonds is 5. The molecule has 98 valence electrons. The van der Waals surface area contributed by atoms with Crippen molar-refractivity contribution in [3.63, 3.8) is 0 Å². The Balaban J connectivity index is 1.81. The summed E-state index contributed by atoms with van der Waals surface area (Å²) in [6, 6.07) is 8.17. The molecule has 18 heavy (non-hydrogen) atoms. The van der Waals surface area contributed by atoms with E-state index in [-0.39, 0.29) is 5.91 Å². The summed E-state index contributed by atoms with van der Waals surface area (Å²) < 4.78 is 0. The smallest absolute Gasteiger partial charge is 0.248 e. The number of amides is 1. The van der Waals surface area contributed by atoms with E-state index in [1.54, 1.807) is 6.07 Å². The molecule has 2 rings (SSSR count). The lowest BCUT2D eigenvalue weighted by atomic mass is 9.73. The molecule has 3 heteroatoms. The van der Waals surface area contributed by atoms with Gasteiger partial charge in [-0.05, 0) is 42.4 Å². The van der Waals surface area contributed by atoms with E-state index in [0.29, 0.717) is 11.6 Å². The highest BCUT2D eigenvalue weighted by Gasteiger charge is 2.30. The van der Waals surface area contributed by atoms with Gasteiger partial charge in [0.1, 0.15) is 0 Å². The molecule has 1 aromatic carbocycles. The number of nitrogens with two attached hydrogens (primary N) is 1. The van der Waals surface area contributed by atoms with Crippen LogP contribution in [0.1, 0.15) is 42.6 Å². The van der Waals surface area contributed by atoms with Gasteiger partial charge in [0.05, 0.1) is 0 Å². The molecule has 0 aromatic heterocycles. The van der Waals surface area contributed by atoms with E-state index in [0.717, 1.165) is 23.9 Å². The Morgan fingerprint density at radius 3 is 2.78 bits per heavy atom. The number of primary amides is 1. The lowest BCUT2D eigenvalue weighted by molar-refractivity contribution is 0.1000. The van der Waals surface area contributed by atoms with Gasteiger partial charge in [-0.1, -0.05) is 26.0 Å². The van der Waals surface area contributed by atoms with Gasteiger partial charge in [-0.3, -0.25) is 4.79 Å². The van der Waals surface area contributed by atoms with Crippen LogP contribution in [0.2, 0.25) is 0 Å². The molecular formula is C15H22N2O. The summed E-state index contributed by atoms with van der Waals surface area (Å²) in [4.78, 5) is 11.1. The van der Waals surface area contributed by atoms with E-state index in [9.17, 15) is 4.79 Å². The van der Waals surface area contributed by atoms with Gasteiger partial charge < -0.3 is 11.1 Å². The zero-order valence-corrected chi connectivity index (χ0v) is 11.1. The molecule has 1 fully saturated rings. The topological polar surface area (TPSA) is 55.1 Å². The van der Waals surface area contributed by atoms with E-state index in [4.69, 9.17) is 5.73 Å². The van der Waals surface area contributed by atoms with Crippen molar-refractivity contribution in [2.75, 3.05) is 0 Å². The van der Waals surface area contributed by atoms with Crippen LogP contribution in [0.15, 0.2) is 24.3 Å². The fourth-order valence-electron chi connectivity index (χ4n) is 2.47. The average molecular weight is 246 g/mol. The van der Waals surface area contributed by atoms with Crippen molar-refractivity contribution >= 4 is 5.91 Å². The van der Waals surface area contributed by atoms with Crippen LogP contribution < -0.4 is 11.1 Å². The molecule has 0 bridgehead atoms. The first-order chi connectivity index (χ1) is 8.56. The highest BCUT2D eigenvalue weighted by atomic mass is 16.1. The number of hydrogen-bond acceptors (Lipinski definition) is 2. The zero-order chi connectivity index (χ0) is 13.1. The summed E-state index contributed by atoms with van der Waals surface area (Å²) >= 11 is 0. The van der Waals surface area contributed by atoms with E-state index >= 15 is 0 Å². The second-order valence-electron chi connectivity index (χ2n) is 5.62. The Morgan fingerprint density at radius 1 is 1.44 bits per heavy atom. The summed E-state index contributed by atoms with van der Waals surface area (Å²) in [6.45, 7) is 5.39. The molecule has 1 aliphatic rings. The maximum Gasteiger partial charge on any atom is 0.248 e. The van der Waals surface area contributed by atoms with Gasteiger partial charge in [-0.15, -0.1) is 0 Å². The van der Waals surface area contributed by atoms with Crippen LogP contribution in [0.3, 0.4) is 0 Å². The van der Waals surface area contributed by atoms with E-state index in [1.807, 2.05) is 18.2 Å². The molecular weight excluding hydrogens is 224 g/mol. The minimum absolute atomic E-state index is 0.361. The summed E-state index contributed by atoms with van der Waals surface area (Å²) in [5.74, 6) is 1.31. The molecule has 0 unspecified atom stereocenters. The van der Waals surface area contributed by atoms with Gasteiger partial charge in [-0.2, -0.15) is 0 Å². The molecule has 1 aromatic rings. The molecule has 0 spiro atoms. The normalized spacial score (nSPS) is 22.8. The summed E-state index contributed by atoms with van der Waals surface area (Å²) in [5, 5.41) is 3.53. The second-order valence-corrected chi connectivity index (χ2v) is 5.62. The predicted octanol–water partition coefficient (Wildman–Crippen LogP) is 2.31. The number of nitrogens with one attached hydrogen (secondary N) is 1. The van der Waals surface area contributed by atoms with Gasteiger partial charge in [0.25, 0.3) is 0 Å². The second kappa shape index (κ2) is 5.53. The fourth-order valence-corrected chi connectivity index (χ4v) is 2.47. The third-order valence-electron chi connectivity index (χ3n) is 3.92. The van der Waals surface area contributed by atoms with E-state index in [2.05, 4.69) is 19.2 Å². The highest BCUT2D eigenvalue weighted by molar-refractivity contribution is 5.92. The monoisotopic (exact) mass is 246 g/mol. The van der Waals surface area contributed by atoms with Crippen molar-refractivity contribution in [2.45, 2.75) is 39.3 Å². The van der Waals surface area contributed by atoms with Crippen molar-refractivity contribution in [1.29, 1.82) is 0 Å². The molecule has 3 N–H and O–H groups in total. The largest absolute Gasteiger partial charge is 0.366 e. The minimum Gasteiger partial charge on any atom is -0.366 e. The number of benzene rings is 1. The minimum atomic E-state index is -0.361. The Morgan fingerprint density at radius 2 is 2.17 bits per heavy atom. The first-order valence-electron chi connectivity index (χ1n) is 6.68. The highest BCUT2D eigenvalue weighted by Crippen LogP contribution is 2.33. The first-order valence-corrected chi connectivity index (χ1v) is 6.68. The van der Waals surface area contributed by atoms with E-state index in [1.165, 1.54) is 12.8 Å². The van der Waals surface area contributed by atoms with Crippen LogP contribution in [0.4, 0.5) is 0 Å². The van der Waals surface area contributed by atoms with E-state index < -0.39 is 0 Å². The lowest BCUT2D eigenvalue weighted by Crippen LogP contribution is -2.42. The predicted molar refractivity (Wildman–Crippen MR) is 73.1 cm³/mol. The number of hydrogen-bond donors (Lipinski definition) is 2. The molecule has 0 aliphatic heterocycles. The number of carbonyl (C=O) groups is 1. The Hall–Kier alpha value is -1.35. The third kappa shape index (κ3) is 3.10. The van der Waals surface area contributed by atoms with Crippen molar-refractivity contribution < 1.29 is 4.79 Å². The van der Waals surface area contributed by atoms with Gasteiger partial charge >= 0.3 is 0 Å². The lowest BCUT2D eigenvalue weighted by Gasteiger charge is -2.38. The maximum absolute atomic E-state index is 11.1. The zero-order valence-electron chi connectivity index (χ0n) is 11.1. The molecule has 1 amide bonds. The van der Waals surface area contributed by atoms with Crippen molar-refractivity contribution in [2.24, 2.45) is 17.6 Å². The van der Waals surface area contributed by atoms with Crippen LogP contribution in [-0.2, 0) is 6.54 Å². The third-order valence-corrected chi connectivity index (χ3v) is 3.92. The van der Waals surface area contributed by atoms with Crippen molar-refractivity contribution in [3.8, 4) is 0 Å². The maximum atomic E-state index is 11.1. The van der Waals surface area contributed by atoms with Crippen molar-refractivity contribution in [1.82, 2.24) is 5.32 Å². The van der Waals surface area contributed by atoms with Crippen molar-refractivity contribution in [3.05, 3.63) is 35.4 Å². The Kier molecular flexibility index (Phi) is 4.02. The van der Waals surface area contributed by atoms with Crippen LogP contribution >= 0.6 is 0 Å². The molecule has 1 saturated carbocycles. The summed E-state index contributed by atoms with van der Waals surface area (Å²) in [5.41, 5.74) is 6.98. The van der Waals surface area contributed by atoms with Gasteiger partial charge in [-0.25, -0.2) is 0 Å². The Labute approximate surface area is 109 Å². The molecule has 0 saturated heterocycles. The molecule has 0 radical (unpaired) electrons. The quantitative estimate of drug-likeness (QED) is 0.837. The van der Waals surface area contributed by atoms with Gasteiger partial charge in [0.2, 0.25) is 5.91 Å². The number of carbonyl (C=O) groups excluding carboxylic acids is 1. The molecule has 0 heterocycles. The van der Waals surface area contributed by atoms with Gasteiger partial charge in [0.15, 0.2) is 0 Å². The standard InChI is InChI=1S/C15H22N2O/c1-10(2)13-7-14(8-13)17-9-11-4-3-5-12(6-11)15(16)18/h3-6,10,13-14,17H,7-9H2,1-2H3,(H2,16,18). The average Bonchev–Trinajstić information content (AvgIpc) is 2.26. The van der Waals surface area contributed by atoms with Crippen LogP contribution in [-0.4, -0.2) is 11.9 Å². The van der Waals surface area contributed by atoms with Crippen LogP contribution in [0.25, 0.3) is 0 Å². The SMILES string of the molecule is CC(C)C1CC(NCc2cccc(C(N)=O)c2)C1. The molecule has 1 aliphatic carbocycles. The molecule has 0 atom stereocenters. The fraction of sp³-hybridized carbons (Fsp3) is 0.533. The Bertz CT molecular complexity index is 422. The summed E-state index contributed by atoms with van der Waals surface area (Å²) in [6.07, 6.45) is 2.54. The van der Waals surface area contributed by atoms with Gasteiger partial charge in [0, 0.05) is 18.2 Å². The first kappa shape index (κ1) is 13.1. The molecule has 3 nitrogen and oxygen atoms in total.